The van der Waals surface area contributed by atoms with Gasteiger partial charge in [-0.1, -0.05) is 0 Å². The van der Waals surface area contributed by atoms with Crippen LogP contribution in [0.2, 0.25) is 0 Å². The summed E-state index contributed by atoms with van der Waals surface area (Å²) < 4.78 is 5.44. The number of alkyl halides is 1. The third-order valence-corrected chi connectivity index (χ3v) is 3.28. The maximum Gasteiger partial charge on any atom is 0.218 e. The molecule has 0 bridgehead atoms. The van der Waals surface area contributed by atoms with Crippen LogP contribution in [0.25, 0.3) is 0 Å². The molecule has 1 fully saturated rings. The number of rotatable bonds is 3. The molecule has 0 spiro atoms. The van der Waals surface area contributed by atoms with Crippen molar-refractivity contribution in [1.82, 2.24) is 9.97 Å². The molecule has 1 aromatic heterocycles. The molecule has 5 heteroatoms. The molecule has 94 valence electrons. The first kappa shape index (κ1) is 12.4. The Hall–Kier alpha value is -1.03. The summed E-state index contributed by atoms with van der Waals surface area (Å²) in [7, 11) is 0. The smallest absolute Gasteiger partial charge is 0.218 e. The Morgan fingerprint density at radius 1 is 1.41 bits per heavy atom. The van der Waals surface area contributed by atoms with Crippen molar-refractivity contribution in [3.63, 3.8) is 0 Å². The lowest BCUT2D eigenvalue weighted by Crippen LogP contribution is -2.34. The first-order valence-corrected chi connectivity index (χ1v) is 6.50. The molecule has 2 heterocycles. The van der Waals surface area contributed by atoms with Gasteiger partial charge in [-0.25, -0.2) is 4.98 Å². The van der Waals surface area contributed by atoms with Crippen LogP contribution in [0.15, 0.2) is 6.07 Å². The summed E-state index contributed by atoms with van der Waals surface area (Å²) in [4.78, 5) is 10.9. The van der Waals surface area contributed by atoms with Gasteiger partial charge in [0, 0.05) is 24.5 Å². The summed E-state index contributed by atoms with van der Waals surface area (Å²) in [6.07, 6.45) is 2.02. The van der Waals surface area contributed by atoms with Crippen molar-refractivity contribution in [2.45, 2.75) is 32.1 Å². The number of hydrogen-bond donors (Lipinski definition) is 0. The van der Waals surface area contributed by atoms with Gasteiger partial charge in [0.25, 0.3) is 0 Å². The standard InChI is InChI=1S/C12H18ClN3O/c1-3-17-12-8-11(14-9(2)15-12)16-6-4-10(13)5-7-16/h8,10H,3-7H2,1-2H3. The number of ether oxygens (including phenoxy) is 1. The average Bonchev–Trinajstić information content (AvgIpc) is 2.29. The summed E-state index contributed by atoms with van der Waals surface area (Å²) in [5, 5.41) is 0.306. The van der Waals surface area contributed by atoms with E-state index in [4.69, 9.17) is 16.3 Å². The van der Waals surface area contributed by atoms with Gasteiger partial charge in [0.15, 0.2) is 0 Å². The molecule has 0 unspecified atom stereocenters. The van der Waals surface area contributed by atoms with Crippen molar-refractivity contribution >= 4 is 17.4 Å². The highest BCUT2D eigenvalue weighted by atomic mass is 35.5. The number of anilines is 1. The van der Waals surface area contributed by atoms with Gasteiger partial charge in [-0.15, -0.1) is 11.6 Å². The van der Waals surface area contributed by atoms with E-state index in [2.05, 4.69) is 14.9 Å². The predicted octanol–water partition coefficient (Wildman–Crippen LogP) is 2.39. The van der Waals surface area contributed by atoms with Gasteiger partial charge in [-0.05, 0) is 26.7 Å². The highest BCUT2D eigenvalue weighted by Gasteiger charge is 2.19. The second-order valence-corrected chi connectivity index (χ2v) is 4.82. The zero-order valence-electron chi connectivity index (χ0n) is 10.3. The molecule has 1 saturated heterocycles. The lowest BCUT2D eigenvalue weighted by atomic mass is 10.1. The van der Waals surface area contributed by atoms with E-state index in [1.807, 2.05) is 19.9 Å². The van der Waals surface area contributed by atoms with Crippen molar-refractivity contribution in [1.29, 1.82) is 0 Å². The fourth-order valence-corrected chi connectivity index (χ4v) is 2.18. The van der Waals surface area contributed by atoms with Gasteiger partial charge in [0.05, 0.1) is 6.61 Å². The van der Waals surface area contributed by atoms with E-state index in [9.17, 15) is 0 Å². The van der Waals surface area contributed by atoms with E-state index in [-0.39, 0.29) is 0 Å². The van der Waals surface area contributed by atoms with Gasteiger partial charge in [0.2, 0.25) is 5.88 Å². The zero-order chi connectivity index (χ0) is 12.3. The van der Waals surface area contributed by atoms with Crippen LogP contribution in [-0.2, 0) is 0 Å². The zero-order valence-corrected chi connectivity index (χ0v) is 11.1. The molecular weight excluding hydrogens is 238 g/mol. The molecule has 0 amide bonds. The molecule has 0 aromatic carbocycles. The Morgan fingerprint density at radius 2 is 2.12 bits per heavy atom. The van der Waals surface area contributed by atoms with Crippen molar-refractivity contribution in [3.05, 3.63) is 11.9 Å². The largest absolute Gasteiger partial charge is 0.478 e. The molecule has 17 heavy (non-hydrogen) atoms. The van der Waals surface area contributed by atoms with Gasteiger partial charge < -0.3 is 9.64 Å². The second kappa shape index (κ2) is 5.54. The van der Waals surface area contributed by atoms with Crippen molar-refractivity contribution in [2.75, 3.05) is 24.6 Å². The molecule has 0 radical (unpaired) electrons. The van der Waals surface area contributed by atoms with Crippen LogP contribution in [-0.4, -0.2) is 35.0 Å². The van der Waals surface area contributed by atoms with E-state index in [0.29, 0.717) is 17.9 Å². The molecule has 1 aliphatic rings. The normalized spacial score (nSPS) is 17.2. The first-order chi connectivity index (χ1) is 8.19. The number of piperidine rings is 1. The number of hydrogen-bond acceptors (Lipinski definition) is 4. The highest BCUT2D eigenvalue weighted by Crippen LogP contribution is 2.23. The molecule has 0 saturated carbocycles. The summed E-state index contributed by atoms with van der Waals surface area (Å²) >= 11 is 6.10. The van der Waals surface area contributed by atoms with Crippen LogP contribution in [0, 0.1) is 6.92 Å². The Balaban J connectivity index is 2.14. The number of aryl methyl sites for hydroxylation is 1. The predicted molar refractivity (Wildman–Crippen MR) is 69.0 cm³/mol. The second-order valence-electron chi connectivity index (χ2n) is 4.21. The minimum Gasteiger partial charge on any atom is -0.478 e. The van der Waals surface area contributed by atoms with Gasteiger partial charge in [0.1, 0.15) is 11.6 Å². The minimum absolute atomic E-state index is 0.306. The van der Waals surface area contributed by atoms with E-state index in [1.165, 1.54) is 0 Å². The van der Waals surface area contributed by atoms with Crippen molar-refractivity contribution in [3.8, 4) is 5.88 Å². The van der Waals surface area contributed by atoms with Gasteiger partial charge in [-0.3, -0.25) is 0 Å². The third kappa shape index (κ3) is 3.22. The van der Waals surface area contributed by atoms with Crippen LogP contribution in [0.1, 0.15) is 25.6 Å². The average molecular weight is 256 g/mol. The van der Waals surface area contributed by atoms with E-state index in [0.717, 1.165) is 37.6 Å². The fourth-order valence-electron chi connectivity index (χ4n) is 1.99. The summed E-state index contributed by atoms with van der Waals surface area (Å²) in [5.41, 5.74) is 0. The van der Waals surface area contributed by atoms with E-state index < -0.39 is 0 Å². The van der Waals surface area contributed by atoms with Crippen LogP contribution in [0.3, 0.4) is 0 Å². The summed E-state index contributed by atoms with van der Waals surface area (Å²) in [5.74, 6) is 2.35. The molecule has 4 nitrogen and oxygen atoms in total. The molecule has 0 atom stereocenters. The quantitative estimate of drug-likeness (QED) is 0.778. The summed E-state index contributed by atoms with van der Waals surface area (Å²) in [6, 6.07) is 1.91. The number of halogens is 1. The lowest BCUT2D eigenvalue weighted by molar-refractivity contribution is 0.325. The molecule has 0 N–H and O–H groups in total. The van der Waals surface area contributed by atoms with E-state index in [1.54, 1.807) is 0 Å². The van der Waals surface area contributed by atoms with Crippen molar-refractivity contribution in [2.24, 2.45) is 0 Å². The Labute approximate surface area is 107 Å². The summed E-state index contributed by atoms with van der Waals surface area (Å²) in [6.45, 7) is 6.38. The molecule has 1 aliphatic heterocycles. The lowest BCUT2D eigenvalue weighted by Gasteiger charge is -2.30. The minimum atomic E-state index is 0.306. The Morgan fingerprint density at radius 3 is 2.76 bits per heavy atom. The Kier molecular flexibility index (Phi) is 4.05. The molecular formula is C12H18ClN3O. The van der Waals surface area contributed by atoms with Crippen molar-refractivity contribution < 1.29 is 4.74 Å². The number of aromatic nitrogens is 2. The molecule has 1 aromatic rings. The fraction of sp³-hybridized carbons (Fsp3) is 0.667. The Bertz CT molecular complexity index is 378. The SMILES string of the molecule is CCOc1cc(N2CCC(Cl)CC2)nc(C)n1. The highest BCUT2D eigenvalue weighted by molar-refractivity contribution is 6.20. The monoisotopic (exact) mass is 255 g/mol. The molecule has 0 aliphatic carbocycles. The van der Waals surface area contributed by atoms with Crippen LogP contribution >= 0.6 is 11.6 Å². The van der Waals surface area contributed by atoms with Crippen LogP contribution < -0.4 is 9.64 Å². The first-order valence-electron chi connectivity index (χ1n) is 6.06. The third-order valence-electron chi connectivity index (χ3n) is 2.84. The van der Waals surface area contributed by atoms with Crippen LogP contribution in [0.5, 0.6) is 5.88 Å². The number of nitrogens with zero attached hydrogens (tertiary/aromatic N) is 3. The maximum atomic E-state index is 6.10. The topological polar surface area (TPSA) is 38.2 Å². The van der Waals surface area contributed by atoms with Gasteiger partial charge in [-0.2, -0.15) is 4.98 Å². The molecule has 2 rings (SSSR count). The maximum absolute atomic E-state index is 6.10. The van der Waals surface area contributed by atoms with Gasteiger partial charge >= 0.3 is 0 Å². The van der Waals surface area contributed by atoms with Crippen LogP contribution in [0.4, 0.5) is 5.82 Å². The van der Waals surface area contributed by atoms with E-state index >= 15 is 0 Å².